The lowest BCUT2D eigenvalue weighted by molar-refractivity contribution is -0.126. The van der Waals surface area contributed by atoms with Crippen LogP contribution in [-0.4, -0.2) is 30.4 Å². The lowest BCUT2D eigenvalue weighted by Gasteiger charge is -2.29. The molecule has 0 aromatic heterocycles. The van der Waals surface area contributed by atoms with Crippen LogP contribution in [0.5, 0.6) is 0 Å². The van der Waals surface area contributed by atoms with Crippen molar-refractivity contribution in [1.29, 1.82) is 0 Å². The Morgan fingerprint density at radius 3 is 2.25 bits per heavy atom. The molecule has 128 valence electrons. The van der Waals surface area contributed by atoms with Crippen LogP contribution >= 0.6 is 0 Å². The van der Waals surface area contributed by atoms with Gasteiger partial charge in [-0.2, -0.15) is 0 Å². The Morgan fingerprint density at radius 2 is 1.67 bits per heavy atom. The van der Waals surface area contributed by atoms with Gasteiger partial charge in [-0.15, -0.1) is 0 Å². The fraction of sp³-hybridized carbons (Fsp3) is 0.350. The van der Waals surface area contributed by atoms with E-state index in [1.165, 1.54) is 5.56 Å². The standard InChI is InChI=1S/C20H27N3O/c1-3-23(4-2)19(17-8-6-5-7-9-17)20(24)22-15-14-16-10-12-18(21)13-11-16/h5-13,19H,3-4,14-15,21H2,1-2H3,(H,22,24). The summed E-state index contributed by atoms with van der Waals surface area (Å²) in [4.78, 5) is 14.9. The predicted molar refractivity (Wildman–Crippen MR) is 99.7 cm³/mol. The normalized spacial score (nSPS) is 12.1. The van der Waals surface area contributed by atoms with Crippen molar-refractivity contribution in [2.24, 2.45) is 0 Å². The van der Waals surface area contributed by atoms with Crippen molar-refractivity contribution in [3.8, 4) is 0 Å². The summed E-state index contributed by atoms with van der Waals surface area (Å²) < 4.78 is 0. The number of carbonyl (C=O) groups excluding carboxylic acids is 1. The monoisotopic (exact) mass is 325 g/mol. The first-order chi connectivity index (χ1) is 11.7. The first kappa shape index (κ1) is 18.0. The van der Waals surface area contributed by atoms with Crippen molar-refractivity contribution >= 4 is 11.6 Å². The summed E-state index contributed by atoms with van der Waals surface area (Å²) in [5.41, 5.74) is 8.66. The Labute approximate surface area is 144 Å². The maximum Gasteiger partial charge on any atom is 0.241 e. The maximum atomic E-state index is 12.8. The van der Waals surface area contributed by atoms with E-state index in [1.807, 2.05) is 54.6 Å². The molecule has 0 spiro atoms. The zero-order valence-corrected chi connectivity index (χ0v) is 14.5. The Bertz CT molecular complexity index is 621. The zero-order valence-electron chi connectivity index (χ0n) is 14.5. The Hall–Kier alpha value is -2.33. The summed E-state index contributed by atoms with van der Waals surface area (Å²) in [6, 6.07) is 17.5. The smallest absolute Gasteiger partial charge is 0.241 e. The van der Waals surface area contributed by atoms with Crippen LogP contribution in [-0.2, 0) is 11.2 Å². The average Bonchev–Trinajstić information content (AvgIpc) is 2.61. The first-order valence-electron chi connectivity index (χ1n) is 8.56. The summed E-state index contributed by atoms with van der Waals surface area (Å²) in [6.45, 7) is 6.46. The van der Waals surface area contributed by atoms with Gasteiger partial charge in [-0.05, 0) is 42.8 Å². The minimum Gasteiger partial charge on any atom is -0.399 e. The number of hydrogen-bond acceptors (Lipinski definition) is 3. The van der Waals surface area contributed by atoms with Gasteiger partial charge >= 0.3 is 0 Å². The molecule has 2 aromatic rings. The molecule has 0 bridgehead atoms. The highest BCUT2D eigenvalue weighted by molar-refractivity contribution is 5.83. The lowest BCUT2D eigenvalue weighted by atomic mass is 10.0. The van der Waals surface area contributed by atoms with E-state index in [0.29, 0.717) is 6.54 Å². The van der Waals surface area contributed by atoms with Crippen LogP contribution in [0.2, 0.25) is 0 Å². The summed E-state index contributed by atoms with van der Waals surface area (Å²) in [5.74, 6) is 0.0559. The molecule has 0 fully saturated rings. The minimum atomic E-state index is -0.243. The third kappa shape index (κ3) is 4.83. The number of hydrogen-bond donors (Lipinski definition) is 2. The fourth-order valence-corrected chi connectivity index (χ4v) is 2.86. The summed E-state index contributed by atoms with van der Waals surface area (Å²) >= 11 is 0. The molecule has 0 saturated carbocycles. The number of amides is 1. The van der Waals surface area contributed by atoms with Crippen LogP contribution in [0, 0.1) is 0 Å². The van der Waals surface area contributed by atoms with E-state index in [9.17, 15) is 4.79 Å². The molecule has 0 radical (unpaired) electrons. The highest BCUT2D eigenvalue weighted by atomic mass is 16.2. The molecule has 0 aliphatic heterocycles. The molecule has 1 unspecified atom stereocenters. The fourth-order valence-electron chi connectivity index (χ4n) is 2.86. The van der Waals surface area contributed by atoms with Crippen LogP contribution in [0.1, 0.15) is 31.0 Å². The summed E-state index contributed by atoms with van der Waals surface area (Å²) in [5, 5.41) is 3.08. The number of rotatable bonds is 8. The number of nitrogens with two attached hydrogens (primary N) is 1. The largest absolute Gasteiger partial charge is 0.399 e. The van der Waals surface area contributed by atoms with Gasteiger partial charge < -0.3 is 11.1 Å². The second-order valence-electron chi connectivity index (χ2n) is 5.82. The van der Waals surface area contributed by atoms with E-state index < -0.39 is 0 Å². The highest BCUT2D eigenvalue weighted by Crippen LogP contribution is 2.20. The quantitative estimate of drug-likeness (QED) is 0.734. The molecule has 2 rings (SSSR count). The van der Waals surface area contributed by atoms with Gasteiger partial charge in [-0.25, -0.2) is 0 Å². The van der Waals surface area contributed by atoms with E-state index in [4.69, 9.17) is 5.73 Å². The van der Waals surface area contributed by atoms with E-state index in [2.05, 4.69) is 24.1 Å². The van der Waals surface area contributed by atoms with Crippen LogP contribution in [0.3, 0.4) is 0 Å². The molecule has 0 aliphatic carbocycles. The molecule has 4 nitrogen and oxygen atoms in total. The van der Waals surface area contributed by atoms with Crippen molar-refractivity contribution in [3.05, 3.63) is 65.7 Å². The van der Waals surface area contributed by atoms with Gasteiger partial charge in [-0.1, -0.05) is 56.3 Å². The molecular formula is C20H27N3O. The van der Waals surface area contributed by atoms with Gasteiger partial charge in [0.05, 0.1) is 0 Å². The number of likely N-dealkylation sites (N-methyl/N-ethyl adjacent to an activating group) is 1. The van der Waals surface area contributed by atoms with Crippen LogP contribution in [0.15, 0.2) is 54.6 Å². The molecule has 1 atom stereocenters. The van der Waals surface area contributed by atoms with Gasteiger partial charge in [0.2, 0.25) is 5.91 Å². The lowest BCUT2D eigenvalue weighted by Crippen LogP contribution is -2.41. The second kappa shape index (κ2) is 9.08. The SMILES string of the molecule is CCN(CC)C(C(=O)NCCc1ccc(N)cc1)c1ccccc1. The summed E-state index contributed by atoms with van der Waals surface area (Å²) in [7, 11) is 0. The van der Waals surface area contributed by atoms with Crippen molar-refractivity contribution in [3.63, 3.8) is 0 Å². The Morgan fingerprint density at radius 1 is 1.04 bits per heavy atom. The van der Waals surface area contributed by atoms with Gasteiger partial charge in [0.25, 0.3) is 0 Å². The van der Waals surface area contributed by atoms with Gasteiger partial charge in [-0.3, -0.25) is 9.69 Å². The minimum absolute atomic E-state index is 0.0559. The van der Waals surface area contributed by atoms with Crippen LogP contribution < -0.4 is 11.1 Å². The van der Waals surface area contributed by atoms with Crippen molar-refractivity contribution in [2.75, 3.05) is 25.4 Å². The second-order valence-corrected chi connectivity index (χ2v) is 5.82. The van der Waals surface area contributed by atoms with Crippen molar-refractivity contribution in [2.45, 2.75) is 26.3 Å². The third-order valence-corrected chi connectivity index (χ3v) is 4.23. The molecule has 4 heteroatoms. The molecule has 0 aliphatic rings. The van der Waals surface area contributed by atoms with E-state index >= 15 is 0 Å². The number of nitrogen functional groups attached to an aromatic ring is 1. The highest BCUT2D eigenvalue weighted by Gasteiger charge is 2.25. The molecule has 2 aromatic carbocycles. The number of nitrogens with one attached hydrogen (secondary N) is 1. The zero-order chi connectivity index (χ0) is 17.4. The van der Waals surface area contributed by atoms with Gasteiger partial charge in [0.1, 0.15) is 6.04 Å². The molecule has 3 N–H and O–H groups in total. The van der Waals surface area contributed by atoms with Crippen LogP contribution in [0.4, 0.5) is 5.69 Å². The van der Waals surface area contributed by atoms with Crippen molar-refractivity contribution < 1.29 is 4.79 Å². The van der Waals surface area contributed by atoms with Gasteiger partial charge in [0, 0.05) is 12.2 Å². The maximum absolute atomic E-state index is 12.8. The van der Waals surface area contributed by atoms with E-state index in [-0.39, 0.29) is 11.9 Å². The third-order valence-electron chi connectivity index (χ3n) is 4.23. The Balaban J connectivity index is 2.01. The molecule has 24 heavy (non-hydrogen) atoms. The Kier molecular flexibility index (Phi) is 6.82. The van der Waals surface area contributed by atoms with Gasteiger partial charge in [0.15, 0.2) is 0 Å². The van der Waals surface area contributed by atoms with Crippen molar-refractivity contribution in [1.82, 2.24) is 10.2 Å². The van der Waals surface area contributed by atoms with E-state index in [1.54, 1.807) is 0 Å². The average molecular weight is 325 g/mol. The van der Waals surface area contributed by atoms with Crippen LogP contribution in [0.25, 0.3) is 0 Å². The number of benzene rings is 2. The first-order valence-corrected chi connectivity index (χ1v) is 8.56. The number of nitrogens with zero attached hydrogens (tertiary/aromatic N) is 1. The topological polar surface area (TPSA) is 58.4 Å². The molecule has 0 saturated heterocycles. The molecule has 0 heterocycles. The van der Waals surface area contributed by atoms with E-state index in [0.717, 1.165) is 30.8 Å². The number of carbonyl (C=O) groups is 1. The molecule has 1 amide bonds. The molecular weight excluding hydrogens is 298 g/mol. The number of anilines is 1. The summed E-state index contributed by atoms with van der Waals surface area (Å²) in [6.07, 6.45) is 0.797. The predicted octanol–water partition coefficient (Wildman–Crippen LogP) is 3.01.